The van der Waals surface area contributed by atoms with Crippen molar-refractivity contribution in [2.75, 3.05) is 25.0 Å². The molecule has 188 valence electrons. The highest BCUT2D eigenvalue weighted by Crippen LogP contribution is 2.28. The Labute approximate surface area is 207 Å². The lowest BCUT2D eigenvalue weighted by molar-refractivity contribution is -0.121. The van der Waals surface area contributed by atoms with E-state index in [2.05, 4.69) is 10.3 Å². The van der Waals surface area contributed by atoms with Crippen molar-refractivity contribution in [1.29, 1.82) is 0 Å². The van der Waals surface area contributed by atoms with Gasteiger partial charge in [0.25, 0.3) is 5.91 Å². The summed E-state index contributed by atoms with van der Waals surface area (Å²) in [6, 6.07) is 8.48. The zero-order valence-corrected chi connectivity index (χ0v) is 21.5. The number of piperidine rings is 2. The molecule has 9 heteroatoms. The fourth-order valence-corrected chi connectivity index (χ4v) is 6.63. The molecular weight excluding hydrogens is 464 g/mol. The van der Waals surface area contributed by atoms with Crippen molar-refractivity contribution in [2.45, 2.75) is 63.8 Å². The van der Waals surface area contributed by atoms with Crippen LogP contribution in [-0.4, -0.2) is 60.1 Å². The van der Waals surface area contributed by atoms with Crippen LogP contribution in [-0.2, 0) is 14.8 Å². The molecule has 8 nitrogen and oxygen atoms in total. The van der Waals surface area contributed by atoms with Crippen LogP contribution in [0, 0.1) is 19.8 Å². The van der Waals surface area contributed by atoms with Crippen molar-refractivity contribution in [3.05, 3.63) is 53.2 Å². The lowest BCUT2D eigenvalue weighted by Crippen LogP contribution is -2.42. The summed E-state index contributed by atoms with van der Waals surface area (Å²) in [6.45, 7) is 7.09. The Morgan fingerprint density at radius 1 is 1.00 bits per heavy atom. The third kappa shape index (κ3) is 5.56. The highest BCUT2D eigenvalue weighted by molar-refractivity contribution is 7.89. The molecule has 1 N–H and O–H groups in total. The van der Waals surface area contributed by atoms with Gasteiger partial charge in [0.15, 0.2) is 0 Å². The van der Waals surface area contributed by atoms with Gasteiger partial charge in [-0.3, -0.25) is 9.59 Å². The number of nitrogens with zero attached hydrogens (tertiary/aromatic N) is 3. The highest BCUT2D eigenvalue weighted by atomic mass is 32.2. The van der Waals surface area contributed by atoms with Gasteiger partial charge in [0.2, 0.25) is 15.9 Å². The summed E-state index contributed by atoms with van der Waals surface area (Å²) >= 11 is 0. The van der Waals surface area contributed by atoms with E-state index in [0.717, 1.165) is 30.4 Å². The van der Waals surface area contributed by atoms with E-state index < -0.39 is 10.0 Å². The van der Waals surface area contributed by atoms with Crippen LogP contribution in [0.25, 0.3) is 0 Å². The molecule has 2 aromatic rings. The Morgan fingerprint density at radius 2 is 1.74 bits per heavy atom. The molecule has 2 amide bonds. The van der Waals surface area contributed by atoms with Crippen molar-refractivity contribution in [3.63, 3.8) is 0 Å². The number of pyridine rings is 1. The molecule has 0 radical (unpaired) electrons. The minimum absolute atomic E-state index is 0.0469. The maximum absolute atomic E-state index is 13.4. The molecule has 2 saturated heterocycles. The molecule has 0 saturated carbocycles. The number of aryl methyl sites for hydroxylation is 2. The number of likely N-dealkylation sites (tertiary alicyclic amines) is 1. The van der Waals surface area contributed by atoms with Gasteiger partial charge in [0.1, 0.15) is 5.82 Å². The monoisotopic (exact) mass is 498 g/mol. The van der Waals surface area contributed by atoms with Gasteiger partial charge < -0.3 is 10.2 Å². The average molecular weight is 499 g/mol. The summed E-state index contributed by atoms with van der Waals surface area (Å²) in [6.07, 6.45) is 5.48. The largest absolute Gasteiger partial charge is 0.339 e. The number of carbonyl (C=O) groups excluding carboxylic acids is 2. The first-order chi connectivity index (χ1) is 16.7. The lowest BCUT2D eigenvalue weighted by atomic mass is 9.95. The van der Waals surface area contributed by atoms with Gasteiger partial charge in [-0.05, 0) is 81.8 Å². The van der Waals surface area contributed by atoms with Gasteiger partial charge in [-0.1, -0.05) is 12.5 Å². The van der Waals surface area contributed by atoms with E-state index in [1.54, 1.807) is 27.5 Å². The van der Waals surface area contributed by atoms with Crippen LogP contribution < -0.4 is 5.32 Å². The SMILES string of the molecule is Cc1ccnc(NC(=O)C2CCN(C(=O)c3cc(S(=O)(=O)N4CCCC[C@@H]4C)ccc3C)CC2)c1. The number of benzene rings is 1. The van der Waals surface area contributed by atoms with Gasteiger partial charge in [-0.15, -0.1) is 0 Å². The molecule has 0 bridgehead atoms. The van der Waals surface area contributed by atoms with Crippen molar-refractivity contribution in [3.8, 4) is 0 Å². The standard InChI is InChI=1S/C26H34N4O4S/c1-18-9-12-27-24(16-18)28-25(31)21-10-14-29(15-11-21)26(32)23-17-22(8-7-19(23)2)35(33,34)30-13-5-4-6-20(30)3/h7-9,12,16-17,20-21H,4-6,10-11,13-15H2,1-3H3,(H,27,28,31)/t20-/m0/s1. The first-order valence-corrected chi connectivity index (χ1v) is 13.8. The summed E-state index contributed by atoms with van der Waals surface area (Å²) in [4.78, 5) is 32.1. The molecule has 2 aliphatic heterocycles. The number of nitrogens with one attached hydrogen (secondary N) is 1. The van der Waals surface area contributed by atoms with Crippen LogP contribution >= 0.6 is 0 Å². The molecule has 2 aliphatic rings. The van der Waals surface area contributed by atoms with Crippen LogP contribution in [0.3, 0.4) is 0 Å². The number of rotatable bonds is 5. The van der Waals surface area contributed by atoms with Crippen LogP contribution in [0.15, 0.2) is 41.4 Å². The van der Waals surface area contributed by atoms with E-state index in [4.69, 9.17) is 0 Å². The van der Waals surface area contributed by atoms with Gasteiger partial charge >= 0.3 is 0 Å². The molecule has 1 atom stereocenters. The van der Waals surface area contributed by atoms with Crippen LogP contribution in [0.5, 0.6) is 0 Å². The van der Waals surface area contributed by atoms with Crippen molar-refractivity contribution in [2.24, 2.45) is 5.92 Å². The first kappa shape index (κ1) is 25.3. The van der Waals surface area contributed by atoms with E-state index >= 15 is 0 Å². The predicted octanol–water partition coefficient (Wildman–Crippen LogP) is 3.75. The molecule has 35 heavy (non-hydrogen) atoms. The quantitative estimate of drug-likeness (QED) is 0.677. The average Bonchev–Trinajstić information content (AvgIpc) is 2.84. The van der Waals surface area contributed by atoms with E-state index in [1.807, 2.05) is 32.9 Å². The van der Waals surface area contributed by atoms with Gasteiger partial charge in [-0.2, -0.15) is 4.31 Å². The Bertz CT molecular complexity index is 1210. The van der Waals surface area contributed by atoms with E-state index in [0.29, 0.717) is 43.9 Å². The summed E-state index contributed by atoms with van der Waals surface area (Å²) in [7, 11) is -3.66. The van der Waals surface area contributed by atoms with E-state index in [9.17, 15) is 18.0 Å². The molecule has 4 rings (SSSR count). The molecule has 1 aromatic carbocycles. The fraction of sp³-hybridized carbons (Fsp3) is 0.500. The molecule has 3 heterocycles. The molecule has 0 spiro atoms. The third-order valence-corrected chi connectivity index (χ3v) is 9.12. The Balaban J connectivity index is 1.43. The number of hydrogen-bond acceptors (Lipinski definition) is 5. The van der Waals surface area contributed by atoms with Gasteiger partial charge in [0.05, 0.1) is 4.90 Å². The predicted molar refractivity (Wildman–Crippen MR) is 135 cm³/mol. The van der Waals surface area contributed by atoms with Gasteiger partial charge in [-0.25, -0.2) is 13.4 Å². The minimum Gasteiger partial charge on any atom is -0.339 e. The molecular formula is C26H34N4O4S. The Morgan fingerprint density at radius 3 is 2.43 bits per heavy atom. The number of hydrogen-bond donors (Lipinski definition) is 1. The zero-order chi connectivity index (χ0) is 25.2. The van der Waals surface area contributed by atoms with Crippen molar-refractivity contribution in [1.82, 2.24) is 14.2 Å². The fourth-order valence-electron chi connectivity index (χ4n) is 4.90. The summed E-state index contributed by atoms with van der Waals surface area (Å²) in [5, 5.41) is 2.87. The van der Waals surface area contributed by atoms with Crippen LogP contribution in [0.2, 0.25) is 0 Å². The van der Waals surface area contributed by atoms with Crippen molar-refractivity contribution >= 4 is 27.7 Å². The second kappa shape index (κ2) is 10.5. The molecule has 0 aliphatic carbocycles. The number of sulfonamides is 1. The van der Waals surface area contributed by atoms with Crippen LogP contribution in [0.4, 0.5) is 5.82 Å². The first-order valence-electron chi connectivity index (χ1n) is 12.3. The number of carbonyl (C=O) groups is 2. The Hall–Kier alpha value is -2.78. The van der Waals surface area contributed by atoms with Crippen LogP contribution in [0.1, 0.15) is 60.5 Å². The minimum atomic E-state index is -3.66. The lowest BCUT2D eigenvalue weighted by Gasteiger charge is -2.33. The van der Waals surface area contributed by atoms with Crippen molar-refractivity contribution < 1.29 is 18.0 Å². The smallest absolute Gasteiger partial charge is 0.254 e. The summed E-state index contributed by atoms with van der Waals surface area (Å²) in [5.41, 5.74) is 2.17. The third-order valence-electron chi connectivity index (χ3n) is 7.11. The molecule has 2 fully saturated rings. The normalized spacial score (nSPS) is 20.0. The number of anilines is 1. The topological polar surface area (TPSA) is 99.7 Å². The maximum Gasteiger partial charge on any atom is 0.254 e. The summed E-state index contributed by atoms with van der Waals surface area (Å²) < 4.78 is 28.2. The second-order valence-electron chi connectivity index (χ2n) is 9.71. The van der Waals surface area contributed by atoms with Gasteiger partial charge in [0, 0.05) is 43.4 Å². The Kier molecular flexibility index (Phi) is 7.56. The second-order valence-corrected chi connectivity index (χ2v) is 11.6. The number of aromatic nitrogens is 1. The molecule has 1 aromatic heterocycles. The van der Waals surface area contributed by atoms with E-state index in [1.165, 1.54) is 6.07 Å². The van der Waals surface area contributed by atoms with E-state index in [-0.39, 0.29) is 28.7 Å². The number of amides is 2. The maximum atomic E-state index is 13.4. The highest BCUT2D eigenvalue weighted by Gasteiger charge is 2.33. The zero-order valence-electron chi connectivity index (χ0n) is 20.7. The summed E-state index contributed by atoms with van der Waals surface area (Å²) in [5.74, 6) is 0.0560. The molecule has 0 unspecified atom stereocenters.